The highest BCUT2D eigenvalue weighted by Gasteiger charge is 2.29. The van der Waals surface area contributed by atoms with Crippen LogP contribution in [0.25, 0.3) is 0 Å². The lowest BCUT2D eigenvalue weighted by atomic mass is 10.1. The summed E-state index contributed by atoms with van der Waals surface area (Å²) in [5, 5.41) is 3.05. The number of rotatable bonds is 8. The summed E-state index contributed by atoms with van der Waals surface area (Å²) >= 11 is 0. The fourth-order valence-electron chi connectivity index (χ4n) is 3.93. The van der Waals surface area contributed by atoms with Crippen LogP contribution in [0.2, 0.25) is 0 Å². The fourth-order valence-corrected chi connectivity index (χ4v) is 3.93. The number of nitrogens with one attached hydrogen (secondary N) is 1. The Balaban J connectivity index is 1.55. The standard InChI is InChI=1S/C22H30N6O2/c1-2-3-11-30-22-25-20(23)19-21(26-22)28(18(29)13-24-19)15-17-8-6-7-16(12-17)14-27-9-4-5-10-27/h6-8,12,24H,2-5,9-11,13-15H2,1H3,(H2,23,25,26). The second kappa shape index (κ2) is 9.30. The molecule has 160 valence electrons. The zero-order chi connectivity index (χ0) is 20.9. The van der Waals surface area contributed by atoms with Gasteiger partial charge in [0.1, 0.15) is 5.69 Å². The Morgan fingerprint density at radius 2 is 1.93 bits per heavy atom. The number of hydrogen-bond donors (Lipinski definition) is 2. The number of nitrogens with two attached hydrogens (primary N) is 1. The van der Waals surface area contributed by atoms with Crippen molar-refractivity contribution in [3.8, 4) is 6.01 Å². The molecule has 0 unspecified atom stereocenters. The lowest BCUT2D eigenvalue weighted by Crippen LogP contribution is -2.40. The largest absolute Gasteiger partial charge is 0.463 e. The maximum absolute atomic E-state index is 12.7. The Bertz CT molecular complexity index is 897. The van der Waals surface area contributed by atoms with Crippen molar-refractivity contribution in [1.82, 2.24) is 14.9 Å². The van der Waals surface area contributed by atoms with Gasteiger partial charge in [0.15, 0.2) is 11.6 Å². The molecule has 1 aromatic heterocycles. The van der Waals surface area contributed by atoms with E-state index in [4.69, 9.17) is 10.5 Å². The molecule has 3 N–H and O–H groups in total. The van der Waals surface area contributed by atoms with Gasteiger partial charge in [0, 0.05) is 6.54 Å². The summed E-state index contributed by atoms with van der Waals surface area (Å²) in [7, 11) is 0. The minimum absolute atomic E-state index is 0.0509. The predicted octanol–water partition coefficient (Wildman–Crippen LogP) is 2.79. The molecule has 1 saturated heterocycles. The van der Waals surface area contributed by atoms with Crippen LogP contribution < -0.4 is 20.7 Å². The summed E-state index contributed by atoms with van der Waals surface area (Å²) in [6.07, 6.45) is 4.47. The number of anilines is 3. The minimum Gasteiger partial charge on any atom is -0.463 e. The van der Waals surface area contributed by atoms with Crippen LogP contribution in [-0.4, -0.2) is 47.0 Å². The van der Waals surface area contributed by atoms with Crippen LogP contribution in [-0.2, 0) is 17.9 Å². The molecule has 30 heavy (non-hydrogen) atoms. The minimum atomic E-state index is -0.0509. The van der Waals surface area contributed by atoms with Crippen molar-refractivity contribution in [3.63, 3.8) is 0 Å². The van der Waals surface area contributed by atoms with Gasteiger partial charge in [-0.15, -0.1) is 0 Å². The smallest absolute Gasteiger partial charge is 0.320 e. The Morgan fingerprint density at radius 3 is 2.70 bits per heavy atom. The summed E-state index contributed by atoms with van der Waals surface area (Å²) in [5.74, 6) is 0.729. The van der Waals surface area contributed by atoms with Gasteiger partial charge in [-0.3, -0.25) is 14.6 Å². The Labute approximate surface area is 177 Å². The van der Waals surface area contributed by atoms with Crippen LogP contribution >= 0.6 is 0 Å². The average Bonchev–Trinajstić information content (AvgIpc) is 3.24. The van der Waals surface area contributed by atoms with Crippen molar-refractivity contribution < 1.29 is 9.53 Å². The van der Waals surface area contributed by atoms with Crippen LogP contribution in [0.1, 0.15) is 43.7 Å². The van der Waals surface area contributed by atoms with E-state index in [2.05, 4.69) is 45.3 Å². The number of likely N-dealkylation sites (tertiary alicyclic amines) is 1. The van der Waals surface area contributed by atoms with Gasteiger partial charge in [0.2, 0.25) is 5.91 Å². The Kier molecular flexibility index (Phi) is 6.32. The monoisotopic (exact) mass is 410 g/mol. The summed E-state index contributed by atoms with van der Waals surface area (Å²) in [6.45, 7) is 6.48. The van der Waals surface area contributed by atoms with Gasteiger partial charge in [0.25, 0.3) is 0 Å². The molecule has 1 aromatic carbocycles. The van der Waals surface area contributed by atoms with Crippen molar-refractivity contribution in [1.29, 1.82) is 0 Å². The lowest BCUT2D eigenvalue weighted by molar-refractivity contribution is -0.117. The number of carbonyl (C=O) groups is 1. The van der Waals surface area contributed by atoms with Gasteiger partial charge in [-0.25, -0.2) is 0 Å². The maximum Gasteiger partial charge on any atom is 0.320 e. The topological polar surface area (TPSA) is 96.6 Å². The number of fused-ring (bicyclic) bond motifs is 1. The first-order valence-electron chi connectivity index (χ1n) is 10.8. The maximum atomic E-state index is 12.7. The first-order valence-corrected chi connectivity index (χ1v) is 10.8. The van der Waals surface area contributed by atoms with Crippen LogP contribution in [0, 0.1) is 0 Å². The fraction of sp³-hybridized carbons (Fsp3) is 0.500. The van der Waals surface area contributed by atoms with E-state index >= 15 is 0 Å². The number of nitrogens with zero attached hydrogens (tertiary/aromatic N) is 4. The number of aromatic nitrogens is 2. The molecule has 8 nitrogen and oxygen atoms in total. The zero-order valence-corrected chi connectivity index (χ0v) is 17.6. The van der Waals surface area contributed by atoms with E-state index in [0.717, 1.165) is 38.0 Å². The van der Waals surface area contributed by atoms with Crippen LogP contribution in [0.15, 0.2) is 24.3 Å². The number of hydrogen-bond acceptors (Lipinski definition) is 7. The molecule has 3 heterocycles. The molecule has 0 saturated carbocycles. The van der Waals surface area contributed by atoms with Gasteiger partial charge < -0.3 is 15.8 Å². The molecule has 0 atom stereocenters. The number of nitrogen functional groups attached to an aromatic ring is 1. The third kappa shape index (κ3) is 4.64. The van der Waals surface area contributed by atoms with Gasteiger partial charge in [-0.2, -0.15) is 9.97 Å². The molecule has 1 amide bonds. The third-order valence-corrected chi connectivity index (χ3v) is 5.54. The highest BCUT2D eigenvalue weighted by Crippen LogP contribution is 2.34. The molecule has 0 spiro atoms. The average molecular weight is 411 g/mol. The summed E-state index contributed by atoms with van der Waals surface area (Å²) in [5.41, 5.74) is 9.05. The number of unbranched alkanes of at least 4 members (excludes halogenated alkanes) is 1. The molecule has 2 aliphatic heterocycles. The molecule has 2 aromatic rings. The quantitative estimate of drug-likeness (QED) is 0.646. The Morgan fingerprint density at radius 1 is 1.17 bits per heavy atom. The third-order valence-electron chi connectivity index (χ3n) is 5.54. The summed E-state index contributed by atoms with van der Waals surface area (Å²) in [4.78, 5) is 25.6. The van der Waals surface area contributed by atoms with Crippen LogP contribution in [0.4, 0.5) is 17.3 Å². The Hall–Kier alpha value is -2.87. The SMILES string of the molecule is CCCCOc1nc(N)c2c(n1)N(Cc1cccc(CN3CCCC3)c1)C(=O)CN2. The van der Waals surface area contributed by atoms with Crippen molar-refractivity contribution in [2.24, 2.45) is 0 Å². The van der Waals surface area contributed by atoms with Gasteiger partial charge in [-0.1, -0.05) is 37.6 Å². The lowest BCUT2D eigenvalue weighted by Gasteiger charge is -2.30. The molecular formula is C22H30N6O2. The van der Waals surface area contributed by atoms with Crippen molar-refractivity contribution in [3.05, 3.63) is 35.4 Å². The predicted molar refractivity (Wildman–Crippen MR) is 117 cm³/mol. The van der Waals surface area contributed by atoms with E-state index in [1.54, 1.807) is 4.90 Å². The molecule has 0 aliphatic carbocycles. The molecule has 0 bridgehead atoms. The summed E-state index contributed by atoms with van der Waals surface area (Å²) in [6, 6.07) is 8.64. The van der Waals surface area contributed by atoms with Crippen molar-refractivity contribution in [2.75, 3.05) is 42.2 Å². The van der Waals surface area contributed by atoms with Gasteiger partial charge in [-0.05, 0) is 43.5 Å². The van der Waals surface area contributed by atoms with E-state index in [1.807, 2.05) is 6.07 Å². The van der Waals surface area contributed by atoms with Crippen LogP contribution in [0.5, 0.6) is 6.01 Å². The second-order valence-electron chi connectivity index (χ2n) is 7.93. The first kappa shape index (κ1) is 20.4. The summed E-state index contributed by atoms with van der Waals surface area (Å²) < 4.78 is 5.65. The number of amides is 1. The van der Waals surface area contributed by atoms with Gasteiger partial charge >= 0.3 is 6.01 Å². The first-order chi connectivity index (χ1) is 14.6. The molecule has 8 heteroatoms. The second-order valence-corrected chi connectivity index (χ2v) is 7.93. The highest BCUT2D eigenvalue weighted by molar-refractivity contribution is 6.03. The zero-order valence-electron chi connectivity index (χ0n) is 17.6. The van der Waals surface area contributed by atoms with E-state index in [9.17, 15) is 4.79 Å². The molecule has 0 radical (unpaired) electrons. The highest BCUT2D eigenvalue weighted by atomic mass is 16.5. The number of ether oxygens (including phenoxy) is 1. The molecule has 2 aliphatic rings. The van der Waals surface area contributed by atoms with E-state index < -0.39 is 0 Å². The molecular weight excluding hydrogens is 380 g/mol. The van der Waals surface area contributed by atoms with Crippen molar-refractivity contribution in [2.45, 2.75) is 45.7 Å². The van der Waals surface area contributed by atoms with E-state index in [-0.39, 0.29) is 18.5 Å². The van der Waals surface area contributed by atoms with Gasteiger partial charge in [0.05, 0.1) is 19.7 Å². The van der Waals surface area contributed by atoms with E-state index in [1.165, 1.54) is 18.4 Å². The number of benzene rings is 1. The van der Waals surface area contributed by atoms with E-state index in [0.29, 0.717) is 30.5 Å². The van der Waals surface area contributed by atoms with Crippen LogP contribution in [0.3, 0.4) is 0 Å². The molecule has 4 rings (SSSR count). The molecule has 1 fully saturated rings. The number of carbonyl (C=O) groups excluding carboxylic acids is 1. The normalized spacial score (nSPS) is 16.4. The van der Waals surface area contributed by atoms with Crippen molar-refractivity contribution >= 4 is 23.2 Å².